The smallest absolute Gasteiger partial charge is 0.297 e. The van der Waals surface area contributed by atoms with E-state index in [9.17, 15) is 9.59 Å². The lowest BCUT2D eigenvalue weighted by Gasteiger charge is -2.09. The number of nitrogens with zero attached hydrogens (tertiary/aromatic N) is 2. The zero-order valence-electron chi connectivity index (χ0n) is 11.6. The maximum Gasteiger partial charge on any atom is 0.297 e. The van der Waals surface area contributed by atoms with Crippen LogP contribution in [0.1, 0.15) is 5.56 Å². The lowest BCUT2D eigenvalue weighted by atomic mass is 10.2. The van der Waals surface area contributed by atoms with Gasteiger partial charge in [-0.25, -0.2) is 4.98 Å². The van der Waals surface area contributed by atoms with Crippen molar-refractivity contribution in [1.29, 1.82) is 0 Å². The van der Waals surface area contributed by atoms with Crippen molar-refractivity contribution in [2.45, 2.75) is 13.5 Å². The molecule has 1 aromatic heterocycles. The summed E-state index contributed by atoms with van der Waals surface area (Å²) in [5.41, 5.74) is 1.25. The molecule has 0 bridgehead atoms. The third-order valence-corrected chi connectivity index (χ3v) is 3.08. The Labute approximate surface area is 126 Å². The molecular formula is C14H14ClN3O3. The summed E-state index contributed by atoms with van der Waals surface area (Å²) in [6, 6.07) is 7.34. The van der Waals surface area contributed by atoms with E-state index in [2.05, 4.69) is 10.3 Å². The van der Waals surface area contributed by atoms with Gasteiger partial charge in [-0.1, -0.05) is 29.3 Å². The van der Waals surface area contributed by atoms with E-state index in [-0.39, 0.29) is 23.4 Å². The molecule has 0 aliphatic carbocycles. The molecule has 1 N–H and O–H groups in total. The molecule has 7 heteroatoms. The number of hydrogen-bond acceptors (Lipinski definition) is 4. The van der Waals surface area contributed by atoms with E-state index >= 15 is 0 Å². The molecule has 21 heavy (non-hydrogen) atoms. The topological polar surface area (TPSA) is 73.2 Å². The van der Waals surface area contributed by atoms with E-state index in [1.165, 1.54) is 13.4 Å². The average molecular weight is 308 g/mol. The van der Waals surface area contributed by atoms with Crippen molar-refractivity contribution in [1.82, 2.24) is 9.55 Å². The molecule has 2 aromatic rings. The van der Waals surface area contributed by atoms with Crippen molar-refractivity contribution in [2.75, 3.05) is 12.4 Å². The predicted octanol–water partition coefficient (Wildman–Crippen LogP) is 1.85. The number of hydrogen-bond donors (Lipinski definition) is 1. The van der Waals surface area contributed by atoms with Crippen molar-refractivity contribution >= 4 is 23.2 Å². The summed E-state index contributed by atoms with van der Waals surface area (Å²) in [5.74, 6) is -0.422. The highest BCUT2D eigenvalue weighted by molar-refractivity contribution is 6.30. The third kappa shape index (κ3) is 3.61. The second-order valence-corrected chi connectivity index (χ2v) is 4.77. The molecule has 0 aliphatic rings. The van der Waals surface area contributed by atoms with Gasteiger partial charge in [0.15, 0.2) is 5.15 Å². The molecule has 0 saturated carbocycles. The lowest BCUT2D eigenvalue weighted by molar-refractivity contribution is -0.116. The minimum Gasteiger partial charge on any atom is -0.489 e. The Morgan fingerprint density at radius 3 is 2.67 bits per heavy atom. The van der Waals surface area contributed by atoms with Crippen molar-refractivity contribution in [3.63, 3.8) is 0 Å². The summed E-state index contributed by atoms with van der Waals surface area (Å²) in [7, 11) is 1.32. The van der Waals surface area contributed by atoms with Crippen LogP contribution in [0.4, 0.5) is 5.69 Å². The van der Waals surface area contributed by atoms with E-state index in [4.69, 9.17) is 16.3 Å². The van der Waals surface area contributed by atoms with Crippen LogP contribution in [0.3, 0.4) is 0 Å². The second-order valence-electron chi connectivity index (χ2n) is 4.42. The van der Waals surface area contributed by atoms with Crippen LogP contribution in [0.5, 0.6) is 5.75 Å². The standard InChI is InChI=1S/C14H14ClN3O3/c1-9-3-5-10(6-4-9)17-11(19)7-18-8-16-13(15)12(21-2)14(18)20/h3-6,8H,7H2,1-2H3,(H,17,19). The number of amides is 1. The number of methoxy groups -OCH3 is 1. The van der Waals surface area contributed by atoms with Crippen molar-refractivity contribution < 1.29 is 9.53 Å². The van der Waals surface area contributed by atoms with Gasteiger partial charge in [0.05, 0.1) is 13.4 Å². The van der Waals surface area contributed by atoms with Crippen LogP contribution >= 0.6 is 11.6 Å². The molecule has 1 heterocycles. The first-order valence-electron chi connectivity index (χ1n) is 6.16. The summed E-state index contributed by atoms with van der Waals surface area (Å²) in [6.45, 7) is 1.78. The number of halogens is 1. The van der Waals surface area contributed by atoms with Gasteiger partial charge in [0.1, 0.15) is 6.54 Å². The van der Waals surface area contributed by atoms with E-state index in [0.29, 0.717) is 5.69 Å². The van der Waals surface area contributed by atoms with E-state index in [1.54, 1.807) is 12.1 Å². The summed E-state index contributed by atoms with van der Waals surface area (Å²) < 4.78 is 6.00. The van der Waals surface area contributed by atoms with Crippen LogP contribution in [0.2, 0.25) is 5.15 Å². The molecule has 0 atom stereocenters. The van der Waals surface area contributed by atoms with E-state index in [1.807, 2.05) is 19.1 Å². The van der Waals surface area contributed by atoms with Gasteiger partial charge in [-0.2, -0.15) is 0 Å². The Morgan fingerprint density at radius 1 is 1.38 bits per heavy atom. The first kappa shape index (κ1) is 15.1. The molecule has 0 aliphatic heterocycles. The van der Waals surface area contributed by atoms with E-state index in [0.717, 1.165) is 10.1 Å². The predicted molar refractivity (Wildman–Crippen MR) is 79.9 cm³/mol. The Hall–Kier alpha value is -2.34. The normalized spacial score (nSPS) is 10.2. The maximum atomic E-state index is 12.0. The number of benzene rings is 1. The van der Waals surface area contributed by atoms with Gasteiger partial charge < -0.3 is 10.1 Å². The number of aryl methyl sites for hydroxylation is 1. The number of aromatic nitrogens is 2. The molecule has 0 fully saturated rings. The minimum atomic E-state index is -0.503. The highest BCUT2D eigenvalue weighted by atomic mass is 35.5. The molecule has 1 amide bonds. The fourth-order valence-corrected chi connectivity index (χ4v) is 1.93. The molecule has 0 unspecified atom stereocenters. The molecule has 2 rings (SSSR count). The third-order valence-electron chi connectivity index (χ3n) is 2.81. The first-order valence-corrected chi connectivity index (χ1v) is 6.54. The number of rotatable bonds is 4. The van der Waals surface area contributed by atoms with Gasteiger partial charge in [0.25, 0.3) is 5.56 Å². The van der Waals surface area contributed by atoms with Gasteiger partial charge in [-0.3, -0.25) is 14.2 Å². The van der Waals surface area contributed by atoms with Gasteiger partial charge in [-0.15, -0.1) is 0 Å². The Balaban J connectivity index is 2.13. The zero-order chi connectivity index (χ0) is 15.4. The quantitative estimate of drug-likeness (QED) is 0.875. The van der Waals surface area contributed by atoms with Crippen molar-refractivity contribution in [2.24, 2.45) is 0 Å². The number of nitrogens with one attached hydrogen (secondary N) is 1. The summed E-state index contributed by atoms with van der Waals surface area (Å²) >= 11 is 5.73. The van der Waals surface area contributed by atoms with Crippen molar-refractivity contribution in [3.05, 3.63) is 51.7 Å². The number of carbonyl (C=O) groups excluding carboxylic acids is 1. The maximum absolute atomic E-state index is 12.0. The molecular weight excluding hydrogens is 294 g/mol. The highest BCUT2D eigenvalue weighted by Crippen LogP contribution is 2.14. The molecule has 1 aromatic carbocycles. The van der Waals surface area contributed by atoms with Crippen LogP contribution in [0.25, 0.3) is 0 Å². The summed E-state index contributed by atoms with van der Waals surface area (Å²) in [6.07, 6.45) is 1.21. The fourth-order valence-electron chi connectivity index (χ4n) is 1.73. The first-order chi connectivity index (χ1) is 10.0. The number of carbonyl (C=O) groups is 1. The Bertz CT molecular complexity index is 710. The summed E-state index contributed by atoms with van der Waals surface area (Å²) in [4.78, 5) is 27.7. The van der Waals surface area contributed by atoms with E-state index < -0.39 is 5.56 Å². The average Bonchev–Trinajstić information content (AvgIpc) is 2.45. The molecule has 110 valence electrons. The lowest BCUT2D eigenvalue weighted by Crippen LogP contribution is -2.28. The van der Waals surface area contributed by atoms with Crippen LogP contribution < -0.4 is 15.6 Å². The molecule has 0 spiro atoms. The van der Waals surface area contributed by atoms with Crippen LogP contribution in [-0.4, -0.2) is 22.6 Å². The zero-order valence-corrected chi connectivity index (χ0v) is 12.3. The van der Waals surface area contributed by atoms with Crippen LogP contribution in [0, 0.1) is 6.92 Å². The van der Waals surface area contributed by atoms with Crippen LogP contribution in [-0.2, 0) is 11.3 Å². The SMILES string of the molecule is COc1c(Cl)ncn(CC(=O)Nc2ccc(C)cc2)c1=O. The molecule has 6 nitrogen and oxygen atoms in total. The molecule has 0 radical (unpaired) electrons. The van der Waals surface area contributed by atoms with Gasteiger partial charge >= 0.3 is 0 Å². The molecule has 0 saturated heterocycles. The van der Waals surface area contributed by atoms with Gasteiger partial charge in [0, 0.05) is 5.69 Å². The van der Waals surface area contributed by atoms with Crippen LogP contribution in [0.15, 0.2) is 35.4 Å². The van der Waals surface area contributed by atoms with Crippen molar-refractivity contribution in [3.8, 4) is 5.75 Å². The minimum absolute atomic E-state index is 0.0299. The fraction of sp³-hybridized carbons (Fsp3) is 0.214. The van der Waals surface area contributed by atoms with Gasteiger partial charge in [-0.05, 0) is 19.1 Å². The Morgan fingerprint density at radius 2 is 2.05 bits per heavy atom. The number of anilines is 1. The largest absolute Gasteiger partial charge is 0.489 e. The monoisotopic (exact) mass is 307 g/mol. The Kier molecular flexibility index (Phi) is 4.59. The van der Waals surface area contributed by atoms with Gasteiger partial charge in [0.2, 0.25) is 11.7 Å². The second kappa shape index (κ2) is 6.41. The number of ether oxygens (including phenoxy) is 1. The summed E-state index contributed by atoms with van der Waals surface area (Å²) in [5, 5.41) is 2.67. The highest BCUT2D eigenvalue weighted by Gasteiger charge is 2.12.